The van der Waals surface area contributed by atoms with Crippen LogP contribution in [0, 0.1) is 0 Å². The van der Waals surface area contributed by atoms with Gasteiger partial charge >= 0.3 is 0 Å². The first-order valence-electron chi connectivity index (χ1n) is 8.64. The molecule has 0 spiro atoms. The first-order chi connectivity index (χ1) is 13.7. The molecule has 0 aliphatic carbocycles. The Hall–Kier alpha value is -3.13. The summed E-state index contributed by atoms with van der Waals surface area (Å²) >= 11 is 1.51. The topological polar surface area (TPSA) is 71.1 Å². The normalized spacial score (nSPS) is 12.4. The summed E-state index contributed by atoms with van der Waals surface area (Å²) in [6.45, 7) is 1.13. The lowest BCUT2D eigenvalue weighted by molar-refractivity contribution is 0.171. The van der Waals surface area contributed by atoms with Crippen molar-refractivity contribution in [3.8, 4) is 40.0 Å². The third-order valence-electron chi connectivity index (χ3n) is 4.26. The van der Waals surface area contributed by atoms with Crippen molar-refractivity contribution in [3.05, 3.63) is 35.7 Å². The molecule has 1 aliphatic rings. The zero-order valence-electron chi connectivity index (χ0n) is 15.8. The molecule has 1 aliphatic heterocycles. The van der Waals surface area contributed by atoms with Crippen LogP contribution in [0.5, 0.6) is 28.7 Å². The van der Waals surface area contributed by atoms with Crippen LogP contribution >= 0.6 is 11.3 Å². The summed E-state index contributed by atoms with van der Waals surface area (Å²) in [5.74, 6) is 3.21. The maximum atomic E-state index is 5.66. The van der Waals surface area contributed by atoms with Crippen molar-refractivity contribution in [2.24, 2.45) is 0 Å². The third kappa shape index (κ3) is 3.50. The Morgan fingerprint density at radius 2 is 1.64 bits per heavy atom. The Kier molecular flexibility index (Phi) is 5.12. The molecule has 0 bridgehead atoms. The molecule has 0 radical (unpaired) electrons. The summed E-state index contributed by atoms with van der Waals surface area (Å²) in [7, 11) is 4.75. The molecule has 0 saturated carbocycles. The number of ether oxygens (including phenoxy) is 5. The van der Waals surface area contributed by atoms with E-state index in [0.29, 0.717) is 30.5 Å². The van der Waals surface area contributed by atoms with Crippen molar-refractivity contribution < 1.29 is 23.7 Å². The number of aromatic nitrogens is 1. The van der Waals surface area contributed by atoms with Gasteiger partial charge in [-0.3, -0.25) is 0 Å². The van der Waals surface area contributed by atoms with E-state index in [0.717, 1.165) is 33.6 Å². The van der Waals surface area contributed by atoms with Gasteiger partial charge in [-0.1, -0.05) is 0 Å². The first-order valence-corrected chi connectivity index (χ1v) is 9.52. The highest BCUT2D eigenvalue weighted by molar-refractivity contribution is 7.14. The van der Waals surface area contributed by atoms with E-state index in [4.69, 9.17) is 23.7 Å². The number of methoxy groups -OCH3 is 3. The van der Waals surface area contributed by atoms with Crippen molar-refractivity contribution in [2.75, 3.05) is 39.9 Å². The van der Waals surface area contributed by atoms with E-state index in [2.05, 4.69) is 10.3 Å². The van der Waals surface area contributed by atoms with Gasteiger partial charge in [-0.15, -0.1) is 11.3 Å². The van der Waals surface area contributed by atoms with Crippen LogP contribution in [-0.4, -0.2) is 39.5 Å². The molecule has 7 nitrogen and oxygen atoms in total. The highest BCUT2D eigenvalue weighted by atomic mass is 32.1. The fourth-order valence-corrected chi connectivity index (χ4v) is 3.68. The minimum atomic E-state index is 0.548. The fraction of sp³-hybridized carbons (Fsp3) is 0.250. The third-order valence-corrected chi connectivity index (χ3v) is 5.02. The Labute approximate surface area is 166 Å². The van der Waals surface area contributed by atoms with Crippen LogP contribution in [0.3, 0.4) is 0 Å². The molecule has 3 aromatic rings. The lowest BCUT2D eigenvalue weighted by Gasteiger charge is -2.18. The molecule has 146 valence electrons. The van der Waals surface area contributed by atoms with Crippen molar-refractivity contribution in [3.63, 3.8) is 0 Å². The second-order valence-electron chi connectivity index (χ2n) is 5.94. The largest absolute Gasteiger partial charge is 0.493 e. The Morgan fingerprint density at radius 1 is 0.929 bits per heavy atom. The molecule has 4 rings (SSSR count). The van der Waals surface area contributed by atoms with Crippen molar-refractivity contribution in [1.29, 1.82) is 0 Å². The molecule has 1 N–H and O–H groups in total. The van der Waals surface area contributed by atoms with Gasteiger partial charge < -0.3 is 29.0 Å². The van der Waals surface area contributed by atoms with Crippen LogP contribution in [0.15, 0.2) is 35.7 Å². The number of benzene rings is 2. The molecule has 0 amide bonds. The number of anilines is 2. The summed E-state index contributed by atoms with van der Waals surface area (Å²) in [6, 6.07) is 9.52. The number of rotatable bonds is 6. The van der Waals surface area contributed by atoms with E-state index in [1.807, 2.05) is 35.7 Å². The van der Waals surface area contributed by atoms with Crippen LogP contribution in [-0.2, 0) is 0 Å². The zero-order chi connectivity index (χ0) is 19.5. The quantitative estimate of drug-likeness (QED) is 0.659. The van der Waals surface area contributed by atoms with E-state index in [-0.39, 0.29) is 0 Å². The van der Waals surface area contributed by atoms with Crippen LogP contribution in [0.4, 0.5) is 10.8 Å². The number of nitrogens with one attached hydrogen (secondary N) is 1. The molecule has 1 aromatic heterocycles. The molecule has 0 saturated heterocycles. The monoisotopic (exact) mass is 400 g/mol. The molecule has 0 unspecified atom stereocenters. The van der Waals surface area contributed by atoms with Gasteiger partial charge in [-0.25, -0.2) is 4.98 Å². The summed E-state index contributed by atoms with van der Waals surface area (Å²) < 4.78 is 27.4. The molecule has 8 heteroatoms. The van der Waals surface area contributed by atoms with Gasteiger partial charge in [0.1, 0.15) is 13.2 Å². The molecule has 0 fully saturated rings. The van der Waals surface area contributed by atoms with Gasteiger partial charge in [0.25, 0.3) is 0 Å². The van der Waals surface area contributed by atoms with Gasteiger partial charge in [0.05, 0.1) is 27.0 Å². The molecule has 28 heavy (non-hydrogen) atoms. The minimum absolute atomic E-state index is 0.548. The number of thiazole rings is 1. The van der Waals surface area contributed by atoms with E-state index in [9.17, 15) is 0 Å². The molecule has 0 atom stereocenters. The van der Waals surface area contributed by atoms with E-state index in [1.165, 1.54) is 11.3 Å². The maximum absolute atomic E-state index is 5.66. The van der Waals surface area contributed by atoms with Gasteiger partial charge in [-0.05, 0) is 18.2 Å². The van der Waals surface area contributed by atoms with Gasteiger partial charge in [0.15, 0.2) is 28.1 Å². The van der Waals surface area contributed by atoms with Crippen molar-refractivity contribution in [1.82, 2.24) is 4.98 Å². The number of nitrogens with zero attached hydrogens (tertiary/aromatic N) is 1. The molecular weight excluding hydrogens is 380 g/mol. The lowest BCUT2D eigenvalue weighted by Crippen LogP contribution is -2.15. The van der Waals surface area contributed by atoms with Crippen LogP contribution < -0.4 is 29.0 Å². The highest BCUT2D eigenvalue weighted by Crippen LogP contribution is 2.41. The lowest BCUT2D eigenvalue weighted by atomic mass is 10.1. The second-order valence-corrected chi connectivity index (χ2v) is 6.79. The predicted octanol–water partition coefficient (Wildman–Crippen LogP) is 4.35. The van der Waals surface area contributed by atoms with E-state index in [1.54, 1.807) is 21.3 Å². The predicted molar refractivity (Wildman–Crippen MR) is 108 cm³/mol. The summed E-state index contributed by atoms with van der Waals surface area (Å²) in [5.41, 5.74) is 2.62. The molecular formula is C20H20N2O5S. The van der Waals surface area contributed by atoms with Crippen LogP contribution in [0.2, 0.25) is 0 Å². The number of hydrogen-bond donors (Lipinski definition) is 1. The smallest absolute Gasteiger partial charge is 0.203 e. The summed E-state index contributed by atoms with van der Waals surface area (Å²) in [4.78, 5) is 4.68. The first kappa shape index (κ1) is 18.2. The van der Waals surface area contributed by atoms with E-state index < -0.39 is 0 Å². The second kappa shape index (κ2) is 7.85. The standard InChI is InChI=1S/C20H20N2O5S/c1-23-17-9-13(10-18(24-2)19(17)25-3)21-20-22-14(11-28-20)12-4-5-15-16(8-12)27-7-6-26-15/h4-5,8-11H,6-7H2,1-3H3,(H,21,22). The minimum Gasteiger partial charge on any atom is -0.493 e. The van der Waals surface area contributed by atoms with Crippen LogP contribution in [0.1, 0.15) is 0 Å². The van der Waals surface area contributed by atoms with E-state index >= 15 is 0 Å². The average molecular weight is 400 g/mol. The number of fused-ring (bicyclic) bond motifs is 1. The average Bonchev–Trinajstić information content (AvgIpc) is 3.21. The Bertz CT molecular complexity index is 963. The SMILES string of the molecule is COc1cc(Nc2nc(-c3ccc4c(c3)OCCO4)cs2)cc(OC)c1OC. The fourth-order valence-electron chi connectivity index (χ4n) is 2.94. The summed E-state index contributed by atoms with van der Waals surface area (Å²) in [5, 5.41) is 6.03. The van der Waals surface area contributed by atoms with Crippen molar-refractivity contribution >= 4 is 22.2 Å². The zero-order valence-corrected chi connectivity index (χ0v) is 16.6. The maximum Gasteiger partial charge on any atom is 0.203 e. The molecule has 2 heterocycles. The van der Waals surface area contributed by atoms with Crippen LogP contribution in [0.25, 0.3) is 11.3 Å². The Morgan fingerprint density at radius 3 is 2.32 bits per heavy atom. The van der Waals surface area contributed by atoms with Gasteiger partial charge in [-0.2, -0.15) is 0 Å². The molecule has 2 aromatic carbocycles. The van der Waals surface area contributed by atoms with Crippen molar-refractivity contribution in [2.45, 2.75) is 0 Å². The van der Waals surface area contributed by atoms with Gasteiger partial charge in [0, 0.05) is 28.8 Å². The highest BCUT2D eigenvalue weighted by Gasteiger charge is 2.16. The summed E-state index contributed by atoms with van der Waals surface area (Å²) in [6.07, 6.45) is 0. The Balaban J connectivity index is 1.59. The van der Waals surface area contributed by atoms with Gasteiger partial charge in [0.2, 0.25) is 5.75 Å². The number of hydrogen-bond acceptors (Lipinski definition) is 8.